The fourth-order valence-electron chi connectivity index (χ4n) is 2.89. The molecule has 0 saturated carbocycles. The fraction of sp³-hybridized carbons (Fsp3) is 0.529. The van der Waals surface area contributed by atoms with Crippen LogP contribution in [-0.2, 0) is 25.1 Å². The number of piperidine rings is 1. The van der Waals surface area contributed by atoms with Gasteiger partial charge in [0, 0.05) is 24.9 Å². The number of ether oxygens (including phenoxy) is 1. The third-order valence-electron chi connectivity index (χ3n) is 3.93. The van der Waals surface area contributed by atoms with E-state index in [2.05, 4.69) is 0 Å². The first-order valence-corrected chi connectivity index (χ1v) is 10.1. The summed E-state index contributed by atoms with van der Waals surface area (Å²) in [6.45, 7) is 3.02. The van der Waals surface area contributed by atoms with Crippen LogP contribution in [0.3, 0.4) is 0 Å². The van der Waals surface area contributed by atoms with Crippen LogP contribution >= 0.6 is 0 Å². The molecule has 1 saturated heterocycles. The second-order valence-electron chi connectivity index (χ2n) is 6.11. The Bertz CT molecular complexity index is 713. The summed E-state index contributed by atoms with van der Waals surface area (Å²) in [7, 11) is -3.16. The molecule has 1 atom stereocenters. The minimum Gasteiger partial charge on any atom is -0.466 e. The Morgan fingerprint density at radius 2 is 2.08 bits per heavy atom. The van der Waals surface area contributed by atoms with E-state index in [1.54, 1.807) is 36.1 Å². The van der Waals surface area contributed by atoms with Gasteiger partial charge in [-0.3, -0.25) is 9.59 Å². The molecule has 132 valence electrons. The third-order valence-corrected chi connectivity index (χ3v) is 4.79. The van der Waals surface area contributed by atoms with Crippen LogP contribution in [0.4, 0.5) is 0 Å². The number of amides is 1. The lowest BCUT2D eigenvalue weighted by molar-refractivity contribution is -0.149. The van der Waals surface area contributed by atoms with Gasteiger partial charge in [-0.05, 0) is 37.5 Å². The number of esters is 1. The zero-order valence-corrected chi connectivity index (χ0v) is 14.8. The number of rotatable bonds is 5. The molecule has 0 unspecified atom stereocenters. The molecule has 1 heterocycles. The number of sulfone groups is 1. The number of likely N-dealkylation sites (tertiary alicyclic amines) is 1. The number of hydrogen-bond acceptors (Lipinski definition) is 5. The molecule has 1 amide bonds. The largest absolute Gasteiger partial charge is 0.466 e. The summed E-state index contributed by atoms with van der Waals surface area (Å²) >= 11 is 0. The van der Waals surface area contributed by atoms with Gasteiger partial charge in [0.15, 0.2) is 9.84 Å². The van der Waals surface area contributed by atoms with Crippen LogP contribution in [0, 0.1) is 5.92 Å². The minimum absolute atomic E-state index is 0.0976. The molecule has 1 aromatic carbocycles. The van der Waals surface area contributed by atoms with Crippen molar-refractivity contribution in [3.63, 3.8) is 0 Å². The van der Waals surface area contributed by atoms with Crippen molar-refractivity contribution in [1.82, 2.24) is 4.90 Å². The molecule has 1 aromatic rings. The van der Waals surface area contributed by atoms with Gasteiger partial charge in [0.05, 0.1) is 18.3 Å². The van der Waals surface area contributed by atoms with Gasteiger partial charge in [-0.25, -0.2) is 8.42 Å². The summed E-state index contributed by atoms with van der Waals surface area (Å²) in [5.74, 6) is -0.832. The Morgan fingerprint density at radius 1 is 1.33 bits per heavy atom. The molecule has 24 heavy (non-hydrogen) atoms. The highest BCUT2D eigenvalue weighted by Crippen LogP contribution is 2.20. The van der Waals surface area contributed by atoms with E-state index in [9.17, 15) is 18.0 Å². The van der Waals surface area contributed by atoms with Crippen molar-refractivity contribution < 1.29 is 22.7 Å². The van der Waals surface area contributed by atoms with Crippen molar-refractivity contribution in [1.29, 1.82) is 0 Å². The van der Waals surface area contributed by atoms with Crippen molar-refractivity contribution >= 4 is 21.7 Å². The Labute approximate surface area is 142 Å². The summed E-state index contributed by atoms with van der Waals surface area (Å²) in [5, 5.41) is 0. The monoisotopic (exact) mass is 353 g/mol. The van der Waals surface area contributed by atoms with Crippen molar-refractivity contribution in [2.24, 2.45) is 5.92 Å². The van der Waals surface area contributed by atoms with E-state index in [1.807, 2.05) is 0 Å². The summed E-state index contributed by atoms with van der Waals surface area (Å²) in [4.78, 5) is 26.2. The molecule has 1 fully saturated rings. The lowest BCUT2D eigenvalue weighted by Crippen LogP contribution is -2.42. The summed E-state index contributed by atoms with van der Waals surface area (Å²) in [6.07, 6.45) is 2.63. The number of carbonyl (C=O) groups excluding carboxylic acids is 2. The number of benzene rings is 1. The van der Waals surface area contributed by atoms with Gasteiger partial charge in [-0.2, -0.15) is 0 Å². The van der Waals surface area contributed by atoms with Crippen LogP contribution < -0.4 is 0 Å². The predicted octanol–water partition coefficient (Wildman–Crippen LogP) is 1.65. The van der Waals surface area contributed by atoms with Crippen LogP contribution in [-0.4, -0.2) is 51.1 Å². The first-order chi connectivity index (χ1) is 11.3. The second kappa shape index (κ2) is 7.79. The molecule has 0 aliphatic carbocycles. The average Bonchev–Trinajstić information content (AvgIpc) is 2.53. The highest BCUT2D eigenvalue weighted by molar-refractivity contribution is 7.89. The van der Waals surface area contributed by atoms with Gasteiger partial charge < -0.3 is 9.64 Å². The van der Waals surface area contributed by atoms with Crippen molar-refractivity contribution in [2.45, 2.75) is 25.5 Å². The molecule has 0 aromatic heterocycles. The molecule has 1 aliphatic heterocycles. The van der Waals surface area contributed by atoms with E-state index >= 15 is 0 Å². The molecule has 0 bridgehead atoms. The first-order valence-electron chi connectivity index (χ1n) is 8.02. The molecule has 6 nitrogen and oxygen atoms in total. The molecule has 1 aliphatic rings. The highest BCUT2D eigenvalue weighted by atomic mass is 32.2. The normalized spacial score (nSPS) is 18.2. The molecule has 7 heteroatoms. The smallest absolute Gasteiger partial charge is 0.310 e. The van der Waals surface area contributed by atoms with E-state index in [0.29, 0.717) is 30.8 Å². The van der Waals surface area contributed by atoms with Gasteiger partial charge in [-0.1, -0.05) is 12.1 Å². The van der Waals surface area contributed by atoms with Crippen molar-refractivity contribution in [3.8, 4) is 0 Å². The van der Waals surface area contributed by atoms with E-state index in [1.165, 1.54) is 0 Å². The maximum absolute atomic E-state index is 12.7. The topological polar surface area (TPSA) is 80.8 Å². The van der Waals surface area contributed by atoms with Gasteiger partial charge >= 0.3 is 5.97 Å². The Hall–Kier alpha value is -1.89. The summed E-state index contributed by atoms with van der Waals surface area (Å²) < 4.78 is 27.9. The van der Waals surface area contributed by atoms with Crippen LogP contribution in [0.1, 0.15) is 35.7 Å². The fourth-order valence-corrected chi connectivity index (χ4v) is 3.68. The maximum atomic E-state index is 12.7. The Morgan fingerprint density at radius 3 is 2.75 bits per heavy atom. The zero-order valence-electron chi connectivity index (χ0n) is 14.0. The first kappa shape index (κ1) is 18.4. The number of carbonyl (C=O) groups is 2. The average molecular weight is 353 g/mol. The molecule has 0 N–H and O–H groups in total. The van der Waals surface area contributed by atoms with Gasteiger partial charge in [0.2, 0.25) is 0 Å². The minimum atomic E-state index is -3.16. The van der Waals surface area contributed by atoms with Crippen LogP contribution in [0.25, 0.3) is 0 Å². The SMILES string of the molecule is CCOC(=O)[C@@H]1CCCN(C(=O)c2cccc(CS(C)(=O)=O)c2)C1. The van der Waals surface area contributed by atoms with E-state index in [0.717, 1.165) is 19.1 Å². The quantitative estimate of drug-likeness (QED) is 0.752. The molecular formula is C17H23NO5S. The number of nitrogens with zero attached hydrogens (tertiary/aromatic N) is 1. The zero-order chi connectivity index (χ0) is 17.7. The third kappa shape index (κ3) is 5.06. The Balaban J connectivity index is 2.10. The van der Waals surface area contributed by atoms with E-state index in [4.69, 9.17) is 4.74 Å². The lowest BCUT2D eigenvalue weighted by Gasteiger charge is -2.31. The molecule has 0 spiro atoms. The van der Waals surface area contributed by atoms with E-state index < -0.39 is 9.84 Å². The van der Waals surface area contributed by atoms with Gasteiger partial charge in [0.1, 0.15) is 0 Å². The lowest BCUT2D eigenvalue weighted by atomic mass is 9.97. The predicted molar refractivity (Wildman–Crippen MR) is 90.3 cm³/mol. The van der Waals surface area contributed by atoms with Crippen molar-refractivity contribution in [3.05, 3.63) is 35.4 Å². The van der Waals surface area contributed by atoms with Crippen LogP contribution in [0.15, 0.2) is 24.3 Å². The maximum Gasteiger partial charge on any atom is 0.310 e. The molecule has 0 radical (unpaired) electrons. The van der Waals surface area contributed by atoms with Crippen molar-refractivity contribution in [2.75, 3.05) is 26.0 Å². The van der Waals surface area contributed by atoms with Gasteiger partial charge in [0.25, 0.3) is 5.91 Å². The van der Waals surface area contributed by atoms with Crippen LogP contribution in [0.5, 0.6) is 0 Å². The Kier molecular flexibility index (Phi) is 5.99. The van der Waals surface area contributed by atoms with Gasteiger partial charge in [-0.15, -0.1) is 0 Å². The molecule has 2 rings (SSSR count). The second-order valence-corrected chi connectivity index (χ2v) is 8.25. The summed E-state index contributed by atoms with van der Waals surface area (Å²) in [5.41, 5.74) is 1.03. The van der Waals surface area contributed by atoms with Crippen LogP contribution in [0.2, 0.25) is 0 Å². The van der Waals surface area contributed by atoms with E-state index in [-0.39, 0.29) is 23.5 Å². The highest BCUT2D eigenvalue weighted by Gasteiger charge is 2.29. The standard InChI is InChI=1S/C17H23NO5S/c1-3-23-17(20)15-8-5-9-18(11-15)16(19)14-7-4-6-13(10-14)12-24(2,21)22/h4,6-7,10,15H,3,5,8-9,11-12H2,1-2H3/t15-/m1/s1. The molecular weight excluding hydrogens is 330 g/mol. The number of hydrogen-bond donors (Lipinski definition) is 0. The summed E-state index contributed by atoms with van der Waals surface area (Å²) in [6, 6.07) is 6.65.